The molecule has 144 valence electrons. The number of nitrogens with zero attached hydrogens (tertiary/aromatic N) is 1. The maximum absolute atomic E-state index is 12.7. The van der Waals surface area contributed by atoms with E-state index >= 15 is 0 Å². The van der Waals surface area contributed by atoms with Crippen LogP contribution in [-0.4, -0.2) is 37.0 Å². The number of nitrogens with one attached hydrogen (secondary N) is 1. The van der Waals surface area contributed by atoms with Crippen molar-refractivity contribution < 1.29 is 14.3 Å². The van der Waals surface area contributed by atoms with Crippen molar-refractivity contribution in [1.29, 1.82) is 0 Å². The zero-order valence-corrected chi connectivity index (χ0v) is 15.7. The number of benzene rings is 2. The summed E-state index contributed by atoms with van der Waals surface area (Å²) in [6.45, 7) is 1.82. The Labute approximate surface area is 159 Å². The molecule has 0 aromatic heterocycles. The monoisotopic (exact) mass is 369 g/mol. The Morgan fingerprint density at radius 3 is 2.85 bits per heavy atom. The number of fused-ring (bicyclic) bond motifs is 1. The fraction of sp³-hybridized carbons (Fsp3) is 0.429. The molecule has 0 saturated carbocycles. The van der Waals surface area contributed by atoms with Crippen LogP contribution in [-0.2, 0) is 11.3 Å². The maximum atomic E-state index is 12.7. The van der Waals surface area contributed by atoms with Crippen LogP contribution < -0.4 is 15.8 Å². The average molecular weight is 369 g/mol. The highest BCUT2D eigenvalue weighted by atomic mass is 16.5. The number of piperidine rings is 1. The van der Waals surface area contributed by atoms with Crippen molar-refractivity contribution in [3.05, 3.63) is 42.0 Å². The molecule has 1 saturated heterocycles. The predicted octanol–water partition coefficient (Wildman–Crippen LogP) is 3.04. The summed E-state index contributed by atoms with van der Waals surface area (Å²) < 4.78 is 5.49. The molecule has 2 aromatic carbocycles. The first-order valence-corrected chi connectivity index (χ1v) is 9.44. The van der Waals surface area contributed by atoms with Crippen molar-refractivity contribution >= 4 is 22.7 Å². The van der Waals surface area contributed by atoms with Gasteiger partial charge in [-0.15, -0.1) is 0 Å². The Bertz CT molecular complexity index is 821. The molecule has 1 heterocycles. The van der Waals surface area contributed by atoms with E-state index in [4.69, 9.17) is 10.5 Å². The molecule has 3 rings (SSSR count). The van der Waals surface area contributed by atoms with Gasteiger partial charge in [-0.05, 0) is 42.0 Å². The van der Waals surface area contributed by atoms with Gasteiger partial charge in [0.05, 0.1) is 7.11 Å². The topological polar surface area (TPSA) is 84.7 Å². The van der Waals surface area contributed by atoms with E-state index in [0.29, 0.717) is 25.4 Å². The fourth-order valence-corrected chi connectivity index (χ4v) is 3.80. The van der Waals surface area contributed by atoms with Crippen LogP contribution in [0, 0.1) is 5.92 Å². The highest BCUT2D eigenvalue weighted by molar-refractivity contribution is 5.88. The van der Waals surface area contributed by atoms with Gasteiger partial charge in [0.2, 0.25) is 5.91 Å². The number of carbonyl (C=O) groups excluding carboxylic acids is 2. The molecule has 0 spiro atoms. The Balaban J connectivity index is 1.65. The first-order chi connectivity index (χ1) is 13.1. The Morgan fingerprint density at radius 1 is 1.26 bits per heavy atom. The van der Waals surface area contributed by atoms with Gasteiger partial charge >= 0.3 is 6.03 Å². The number of urea groups is 1. The smallest absolute Gasteiger partial charge is 0.317 e. The lowest BCUT2D eigenvalue weighted by Crippen LogP contribution is -2.45. The van der Waals surface area contributed by atoms with Crippen molar-refractivity contribution in [2.75, 3.05) is 20.2 Å². The molecule has 6 nitrogen and oxygen atoms in total. The van der Waals surface area contributed by atoms with Crippen LogP contribution in [0.5, 0.6) is 5.75 Å². The molecule has 3 N–H and O–H groups in total. The first kappa shape index (κ1) is 19.0. The molecule has 0 unspecified atom stereocenters. The quantitative estimate of drug-likeness (QED) is 0.821. The highest BCUT2D eigenvalue weighted by Gasteiger charge is 2.24. The van der Waals surface area contributed by atoms with Gasteiger partial charge in [-0.3, -0.25) is 4.79 Å². The van der Waals surface area contributed by atoms with Crippen molar-refractivity contribution in [3.8, 4) is 5.75 Å². The highest BCUT2D eigenvalue weighted by Crippen LogP contribution is 2.28. The minimum absolute atomic E-state index is 0.0752. The molecule has 2 aromatic rings. The van der Waals surface area contributed by atoms with Gasteiger partial charge in [0.25, 0.3) is 0 Å². The lowest BCUT2D eigenvalue weighted by atomic mass is 9.93. The molecule has 0 bridgehead atoms. The minimum Gasteiger partial charge on any atom is -0.496 e. The third kappa shape index (κ3) is 4.70. The van der Waals surface area contributed by atoms with E-state index in [2.05, 4.69) is 5.32 Å². The average Bonchev–Trinajstić information content (AvgIpc) is 2.70. The van der Waals surface area contributed by atoms with Gasteiger partial charge in [-0.25, -0.2) is 4.79 Å². The zero-order valence-electron chi connectivity index (χ0n) is 15.7. The first-order valence-electron chi connectivity index (χ1n) is 9.44. The van der Waals surface area contributed by atoms with E-state index < -0.39 is 0 Å². The lowest BCUT2D eigenvalue weighted by Gasteiger charge is -2.32. The van der Waals surface area contributed by atoms with E-state index in [1.165, 1.54) is 0 Å². The number of carbonyl (C=O) groups is 2. The summed E-state index contributed by atoms with van der Waals surface area (Å²) in [4.78, 5) is 25.5. The third-order valence-electron chi connectivity index (χ3n) is 5.24. The largest absolute Gasteiger partial charge is 0.496 e. The molecular formula is C21H27N3O3. The number of nitrogens with two attached hydrogens (primary N) is 1. The van der Waals surface area contributed by atoms with Crippen molar-refractivity contribution in [2.24, 2.45) is 11.7 Å². The summed E-state index contributed by atoms with van der Waals surface area (Å²) in [5, 5.41) is 5.23. The predicted molar refractivity (Wildman–Crippen MR) is 105 cm³/mol. The Kier molecular flexibility index (Phi) is 6.16. The summed E-state index contributed by atoms with van der Waals surface area (Å²) in [5.74, 6) is 0.829. The molecule has 0 aliphatic carbocycles. The van der Waals surface area contributed by atoms with E-state index in [9.17, 15) is 9.59 Å². The van der Waals surface area contributed by atoms with Crippen LogP contribution in [0.25, 0.3) is 10.8 Å². The van der Waals surface area contributed by atoms with Gasteiger partial charge in [0.15, 0.2) is 0 Å². The second-order valence-electron chi connectivity index (χ2n) is 7.09. The van der Waals surface area contributed by atoms with Crippen LogP contribution >= 0.6 is 0 Å². The summed E-state index contributed by atoms with van der Waals surface area (Å²) in [5.41, 5.74) is 6.22. The number of methoxy groups -OCH3 is 1. The summed E-state index contributed by atoms with van der Waals surface area (Å²) in [6.07, 6.45) is 3.12. The van der Waals surface area contributed by atoms with Crippen LogP contribution in [0.15, 0.2) is 36.4 Å². The zero-order chi connectivity index (χ0) is 19.2. The normalized spacial score (nSPS) is 16.9. The third-order valence-corrected chi connectivity index (χ3v) is 5.24. The second kappa shape index (κ2) is 8.75. The van der Waals surface area contributed by atoms with Crippen LogP contribution in [0.2, 0.25) is 0 Å². The van der Waals surface area contributed by atoms with Crippen molar-refractivity contribution in [2.45, 2.75) is 32.2 Å². The molecule has 1 aliphatic heterocycles. The SMILES string of the molecule is COc1ccc2ccccc2c1CNC(=O)N1CCC[C@H](CCC(N)=O)C1. The number of rotatable bonds is 6. The van der Waals surface area contributed by atoms with E-state index in [-0.39, 0.29) is 11.9 Å². The molecular weight excluding hydrogens is 342 g/mol. The number of amides is 3. The molecule has 1 atom stereocenters. The van der Waals surface area contributed by atoms with Gasteiger partial charge in [0, 0.05) is 31.6 Å². The Hall–Kier alpha value is -2.76. The van der Waals surface area contributed by atoms with E-state index in [1.54, 1.807) is 7.11 Å². The number of primary amides is 1. The van der Waals surface area contributed by atoms with Crippen LogP contribution in [0.3, 0.4) is 0 Å². The van der Waals surface area contributed by atoms with Gasteiger partial charge < -0.3 is 20.7 Å². The molecule has 3 amide bonds. The van der Waals surface area contributed by atoms with E-state index in [0.717, 1.165) is 47.9 Å². The van der Waals surface area contributed by atoms with Crippen molar-refractivity contribution in [1.82, 2.24) is 10.2 Å². The summed E-state index contributed by atoms with van der Waals surface area (Å²) >= 11 is 0. The lowest BCUT2D eigenvalue weighted by molar-refractivity contribution is -0.118. The maximum Gasteiger partial charge on any atom is 0.317 e. The van der Waals surface area contributed by atoms with Crippen LogP contribution in [0.4, 0.5) is 4.79 Å². The number of hydrogen-bond acceptors (Lipinski definition) is 3. The molecule has 1 aliphatic rings. The second-order valence-corrected chi connectivity index (χ2v) is 7.09. The van der Waals surface area contributed by atoms with Crippen LogP contribution in [0.1, 0.15) is 31.2 Å². The fourth-order valence-electron chi connectivity index (χ4n) is 3.80. The summed E-state index contributed by atoms with van der Waals surface area (Å²) in [6, 6.07) is 12.0. The molecule has 0 radical (unpaired) electrons. The number of ether oxygens (including phenoxy) is 1. The number of hydrogen-bond donors (Lipinski definition) is 2. The van der Waals surface area contributed by atoms with E-state index in [1.807, 2.05) is 41.3 Å². The minimum atomic E-state index is -0.278. The molecule has 27 heavy (non-hydrogen) atoms. The molecule has 6 heteroatoms. The Morgan fingerprint density at radius 2 is 2.07 bits per heavy atom. The van der Waals surface area contributed by atoms with Gasteiger partial charge in [-0.2, -0.15) is 0 Å². The van der Waals surface area contributed by atoms with Crippen molar-refractivity contribution in [3.63, 3.8) is 0 Å². The van der Waals surface area contributed by atoms with Gasteiger partial charge in [0.1, 0.15) is 5.75 Å². The standard InChI is InChI=1S/C21H27N3O3/c1-27-19-10-9-16-6-2-3-7-17(16)18(19)13-23-21(26)24-12-4-5-15(14-24)8-11-20(22)25/h2-3,6-7,9-10,15H,4-5,8,11-14H2,1H3,(H2,22,25)(H,23,26)/t15-/m1/s1. The number of likely N-dealkylation sites (tertiary alicyclic amines) is 1. The summed E-state index contributed by atoms with van der Waals surface area (Å²) in [7, 11) is 1.64. The molecule has 1 fully saturated rings. The van der Waals surface area contributed by atoms with Gasteiger partial charge in [-0.1, -0.05) is 30.3 Å².